The highest BCUT2D eigenvalue weighted by Gasteiger charge is 2.29. The number of carbonyl (C=O) groups excluding carboxylic acids is 1. The SMILES string of the molecule is O=C(O)CN(CC(=O)O)[C@@H](Cc1ccc(CNC(=O)OCc2ccccc2)cc1)C(=O)O. The Morgan fingerprint density at radius 1 is 0.812 bits per heavy atom. The van der Waals surface area contributed by atoms with Crippen molar-refractivity contribution in [3.63, 3.8) is 0 Å². The zero-order chi connectivity index (χ0) is 23.5. The van der Waals surface area contributed by atoms with E-state index in [1.165, 1.54) is 0 Å². The number of carboxylic acid groups (broad SMARTS) is 3. The average molecular weight is 444 g/mol. The Morgan fingerprint density at radius 2 is 1.38 bits per heavy atom. The number of alkyl carbamates (subject to hydrolysis) is 1. The Hall–Kier alpha value is -3.92. The molecule has 4 N–H and O–H groups in total. The van der Waals surface area contributed by atoms with Gasteiger partial charge in [-0.1, -0.05) is 54.6 Å². The van der Waals surface area contributed by atoms with Crippen LogP contribution in [0.25, 0.3) is 0 Å². The van der Waals surface area contributed by atoms with Crippen molar-refractivity contribution >= 4 is 24.0 Å². The first-order chi connectivity index (χ1) is 15.2. The summed E-state index contributed by atoms with van der Waals surface area (Å²) in [4.78, 5) is 46.3. The second kappa shape index (κ2) is 12.1. The van der Waals surface area contributed by atoms with Gasteiger partial charge in [-0.3, -0.25) is 19.3 Å². The van der Waals surface area contributed by atoms with Crippen molar-refractivity contribution in [3.05, 3.63) is 71.3 Å². The molecule has 0 saturated heterocycles. The van der Waals surface area contributed by atoms with E-state index in [9.17, 15) is 24.3 Å². The highest BCUT2D eigenvalue weighted by Crippen LogP contribution is 2.12. The zero-order valence-electron chi connectivity index (χ0n) is 17.1. The number of hydrogen-bond donors (Lipinski definition) is 4. The third kappa shape index (κ3) is 8.44. The molecule has 0 heterocycles. The molecule has 0 unspecified atom stereocenters. The highest BCUT2D eigenvalue weighted by molar-refractivity contribution is 5.78. The zero-order valence-corrected chi connectivity index (χ0v) is 17.1. The Balaban J connectivity index is 1.91. The Labute approximate surface area is 184 Å². The molecule has 1 atom stereocenters. The summed E-state index contributed by atoms with van der Waals surface area (Å²) in [6, 6.07) is 14.6. The van der Waals surface area contributed by atoms with E-state index in [0.717, 1.165) is 16.0 Å². The van der Waals surface area contributed by atoms with Crippen LogP contribution in [0.2, 0.25) is 0 Å². The molecule has 0 saturated carbocycles. The molecule has 32 heavy (non-hydrogen) atoms. The van der Waals surface area contributed by atoms with Crippen molar-refractivity contribution in [1.29, 1.82) is 0 Å². The van der Waals surface area contributed by atoms with Crippen LogP contribution >= 0.6 is 0 Å². The van der Waals surface area contributed by atoms with Gasteiger partial charge in [0.1, 0.15) is 12.6 Å². The molecule has 0 fully saturated rings. The number of benzene rings is 2. The molecule has 0 spiro atoms. The molecule has 0 aliphatic rings. The number of nitrogens with zero attached hydrogens (tertiary/aromatic N) is 1. The molecule has 0 aliphatic heterocycles. The second-order valence-corrected chi connectivity index (χ2v) is 6.98. The van der Waals surface area contributed by atoms with E-state index in [-0.39, 0.29) is 19.6 Å². The van der Waals surface area contributed by atoms with Crippen LogP contribution in [0.1, 0.15) is 16.7 Å². The lowest BCUT2D eigenvalue weighted by atomic mass is 10.0. The van der Waals surface area contributed by atoms with Gasteiger partial charge in [-0.2, -0.15) is 0 Å². The summed E-state index contributed by atoms with van der Waals surface area (Å²) in [5.41, 5.74) is 2.18. The standard InChI is InChI=1S/C22H24N2O8/c25-19(26)12-24(13-20(27)28)18(21(29)30)10-15-6-8-16(9-7-15)11-23-22(31)32-14-17-4-2-1-3-5-17/h1-9,18H,10-14H2,(H,23,31)(H,25,26)(H,27,28)(H,29,30)/t18-/m0/s1. The molecule has 0 aromatic heterocycles. The number of hydrogen-bond acceptors (Lipinski definition) is 6. The summed E-state index contributed by atoms with van der Waals surface area (Å²) in [5.74, 6) is -3.96. The van der Waals surface area contributed by atoms with Crippen LogP contribution in [0.5, 0.6) is 0 Å². The normalized spacial score (nSPS) is 11.5. The summed E-state index contributed by atoms with van der Waals surface area (Å²) in [5, 5.41) is 30.0. The van der Waals surface area contributed by atoms with Gasteiger partial charge in [-0.25, -0.2) is 4.79 Å². The van der Waals surface area contributed by atoms with Gasteiger partial charge in [0.2, 0.25) is 0 Å². The molecular weight excluding hydrogens is 420 g/mol. The molecule has 0 radical (unpaired) electrons. The summed E-state index contributed by atoms with van der Waals surface area (Å²) < 4.78 is 5.13. The van der Waals surface area contributed by atoms with Gasteiger partial charge < -0.3 is 25.4 Å². The summed E-state index contributed by atoms with van der Waals surface area (Å²) >= 11 is 0. The molecule has 10 heteroatoms. The number of amides is 1. The first-order valence-corrected chi connectivity index (χ1v) is 9.67. The van der Waals surface area contributed by atoms with Crippen molar-refractivity contribution in [2.45, 2.75) is 25.6 Å². The first-order valence-electron chi connectivity index (χ1n) is 9.67. The average Bonchev–Trinajstić information content (AvgIpc) is 2.74. The van der Waals surface area contributed by atoms with Gasteiger partial charge in [0, 0.05) is 6.54 Å². The van der Waals surface area contributed by atoms with Crippen LogP contribution < -0.4 is 5.32 Å². The van der Waals surface area contributed by atoms with Crippen LogP contribution in [0.3, 0.4) is 0 Å². The first kappa shape index (κ1) is 24.4. The maximum absolute atomic E-state index is 11.8. The lowest BCUT2D eigenvalue weighted by molar-refractivity contribution is -0.149. The number of carboxylic acids is 3. The minimum atomic E-state index is -1.32. The van der Waals surface area contributed by atoms with Crippen molar-refractivity contribution in [3.8, 4) is 0 Å². The van der Waals surface area contributed by atoms with E-state index in [1.54, 1.807) is 24.3 Å². The fraction of sp³-hybridized carbons (Fsp3) is 0.273. The third-order valence-corrected chi connectivity index (χ3v) is 4.50. The minimum Gasteiger partial charge on any atom is -0.480 e. The van der Waals surface area contributed by atoms with E-state index in [1.807, 2.05) is 30.3 Å². The smallest absolute Gasteiger partial charge is 0.407 e. The van der Waals surface area contributed by atoms with Gasteiger partial charge in [0.15, 0.2) is 0 Å². The number of aliphatic carboxylic acids is 3. The monoisotopic (exact) mass is 444 g/mol. The number of rotatable bonds is 12. The van der Waals surface area contributed by atoms with E-state index in [4.69, 9.17) is 14.9 Å². The minimum absolute atomic E-state index is 0.0806. The highest BCUT2D eigenvalue weighted by atomic mass is 16.5. The maximum atomic E-state index is 11.8. The molecule has 2 rings (SSSR count). The molecule has 10 nitrogen and oxygen atoms in total. The summed E-state index contributed by atoms with van der Waals surface area (Å²) in [7, 11) is 0. The van der Waals surface area contributed by atoms with Gasteiger partial charge in [0.25, 0.3) is 0 Å². The number of ether oxygens (including phenoxy) is 1. The summed E-state index contributed by atoms with van der Waals surface area (Å²) in [6.07, 6.45) is -0.662. The fourth-order valence-corrected chi connectivity index (χ4v) is 2.96. The van der Waals surface area contributed by atoms with Crippen LogP contribution in [0.4, 0.5) is 4.79 Å². The molecule has 1 amide bonds. The lowest BCUT2D eigenvalue weighted by Crippen LogP contribution is -2.47. The maximum Gasteiger partial charge on any atom is 0.407 e. The third-order valence-electron chi connectivity index (χ3n) is 4.50. The topological polar surface area (TPSA) is 153 Å². The second-order valence-electron chi connectivity index (χ2n) is 6.98. The van der Waals surface area contributed by atoms with E-state index in [2.05, 4.69) is 5.32 Å². The van der Waals surface area contributed by atoms with E-state index >= 15 is 0 Å². The van der Waals surface area contributed by atoms with Gasteiger partial charge in [0.05, 0.1) is 13.1 Å². The molecule has 2 aromatic carbocycles. The number of carbonyl (C=O) groups is 4. The predicted molar refractivity (Wildman–Crippen MR) is 112 cm³/mol. The molecule has 2 aromatic rings. The largest absolute Gasteiger partial charge is 0.480 e. The van der Waals surface area contributed by atoms with Gasteiger partial charge in [-0.15, -0.1) is 0 Å². The Kier molecular flexibility index (Phi) is 9.18. The van der Waals surface area contributed by atoms with Gasteiger partial charge in [-0.05, 0) is 23.1 Å². The Morgan fingerprint density at radius 3 is 1.91 bits per heavy atom. The van der Waals surface area contributed by atoms with E-state index in [0.29, 0.717) is 5.56 Å². The van der Waals surface area contributed by atoms with Crippen molar-refractivity contribution in [1.82, 2.24) is 10.2 Å². The van der Waals surface area contributed by atoms with Crippen molar-refractivity contribution in [2.75, 3.05) is 13.1 Å². The molecule has 0 bridgehead atoms. The van der Waals surface area contributed by atoms with Crippen LogP contribution in [-0.2, 0) is 38.7 Å². The van der Waals surface area contributed by atoms with Gasteiger partial charge >= 0.3 is 24.0 Å². The van der Waals surface area contributed by atoms with Crippen LogP contribution in [0.15, 0.2) is 54.6 Å². The van der Waals surface area contributed by atoms with Crippen molar-refractivity contribution in [2.24, 2.45) is 0 Å². The molecule has 0 aliphatic carbocycles. The van der Waals surface area contributed by atoms with Crippen molar-refractivity contribution < 1.29 is 39.2 Å². The number of nitrogens with one attached hydrogen (secondary N) is 1. The molecular formula is C22H24N2O8. The lowest BCUT2D eigenvalue weighted by Gasteiger charge is -2.25. The Bertz CT molecular complexity index is 915. The van der Waals surface area contributed by atoms with Crippen LogP contribution in [-0.4, -0.2) is 63.4 Å². The molecule has 170 valence electrons. The van der Waals surface area contributed by atoms with Crippen LogP contribution in [0, 0.1) is 0 Å². The predicted octanol–water partition coefficient (Wildman–Crippen LogP) is 1.58. The fourth-order valence-electron chi connectivity index (χ4n) is 2.96. The summed E-state index contributed by atoms with van der Waals surface area (Å²) in [6.45, 7) is -1.08. The quantitative estimate of drug-likeness (QED) is 0.382. The van der Waals surface area contributed by atoms with E-state index < -0.39 is 43.1 Å².